The molecule has 5 aromatic rings. The molecule has 0 saturated carbocycles. The predicted octanol–water partition coefficient (Wildman–Crippen LogP) is 4.57. The van der Waals surface area contributed by atoms with Gasteiger partial charge in [-0.2, -0.15) is 5.10 Å². The number of halogens is 1. The highest BCUT2D eigenvalue weighted by atomic mass is 19.1. The van der Waals surface area contributed by atoms with Gasteiger partial charge in [0.15, 0.2) is 0 Å². The summed E-state index contributed by atoms with van der Waals surface area (Å²) in [6.07, 6.45) is 3.22. The molecular weight excluding hydrogens is 419 g/mol. The van der Waals surface area contributed by atoms with Crippen LogP contribution in [0.15, 0.2) is 97.5 Å². The largest absolute Gasteiger partial charge is 0.289 e. The van der Waals surface area contributed by atoms with E-state index in [0.29, 0.717) is 17.8 Å². The SMILES string of the molecule is O=C(Nc1ncn(Cc2ccc(F)cc2)n1)c1cn(-c2ccccc2)nc1-c1ccccc1. The van der Waals surface area contributed by atoms with Crippen LogP contribution in [0.3, 0.4) is 0 Å². The number of para-hydroxylation sites is 1. The second-order valence-corrected chi connectivity index (χ2v) is 7.38. The first-order valence-corrected chi connectivity index (χ1v) is 10.3. The number of amides is 1. The van der Waals surface area contributed by atoms with Crippen LogP contribution < -0.4 is 5.32 Å². The van der Waals surface area contributed by atoms with Gasteiger partial charge in [-0.3, -0.25) is 10.1 Å². The van der Waals surface area contributed by atoms with Crippen molar-refractivity contribution in [2.75, 3.05) is 5.32 Å². The molecule has 8 heteroatoms. The van der Waals surface area contributed by atoms with Crippen molar-refractivity contribution in [1.29, 1.82) is 0 Å². The van der Waals surface area contributed by atoms with Crippen LogP contribution in [0.1, 0.15) is 15.9 Å². The molecule has 0 aliphatic rings. The minimum atomic E-state index is -0.365. The van der Waals surface area contributed by atoms with Crippen molar-refractivity contribution >= 4 is 11.9 Å². The van der Waals surface area contributed by atoms with Crippen LogP contribution in [-0.2, 0) is 6.54 Å². The number of hydrogen-bond acceptors (Lipinski definition) is 4. The third-order valence-electron chi connectivity index (χ3n) is 5.05. The number of carbonyl (C=O) groups is 1. The number of nitrogens with one attached hydrogen (secondary N) is 1. The van der Waals surface area contributed by atoms with E-state index in [-0.39, 0.29) is 17.7 Å². The number of rotatable bonds is 6. The van der Waals surface area contributed by atoms with E-state index in [1.54, 1.807) is 27.7 Å². The van der Waals surface area contributed by atoms with E-state index in [9.17, 15) is 9.18 Å². The fourth-order valence-corrected chi connectivity index (χ4v) is 3.44. The molecule has 0 bridgehead atoms. The molecule has 0 unspecified atom stereocenters. The number of carbonyl (C=O) groups excluding carboxylic acids is 1. The number of benzene rings is 3. The van der Waals surface area contributed by atoms with Gasteiger partial charge >= 0.3 is 0 Å². The predicted molar refractivity (Wildman–Crippen MR) is 122 cm³/mol. The average molecular weight is 438 g/mol. The van der Waals surface area contributed by atoms with E-state index in [0.717, 1.165) is 16.8 Å². The molecule has 5 rings (SSSR count). The molecule has 0 atom stereocenters. The van der Waals surface area contributed by atoms with Crippen molar-refractivity contribution in [3.05, 3.63) is 114 Å². The summed E-state index contributed by atoms with van der Waals surface area (Å²) in [6.45, 7) is 0.407. The normalized spacial score (nSPS) is 10.8. The number of anilines is 1. The van der Waals surface area contributed by atoms with Crippen LogP contribution in [0.5, 0.6) is 0 Å². The standard InChI is InChI=1S/C25H19FN6O/c26-20-13-11-18(12-14-20)15-31-17-27-25(30-31)28-24(33)22-16-32(21-9-5-2-6-10-21)29-23(22)19-7-3-1-4-8-19/h1-14,16-17H,15H2,(H,28,30,33). The quantitative estimate of drug-likeness (QED) is 0.421. The first kappa shape index (κ1) is 20.3. The summed E-state index contributed by atoms with van der Waals surface area (Å²) in [6, 6.07) is 25.3. The molecule has 162 valence electrons. The van der Waals surface area contributed by atoms with Crippen molar-refractivity contribution in [2.24, 2.45) is 0 Å². The fraction of sp³-hybridized carbons (Fsp3) is 0.0400. The van der Waals surface area contributed by atoms with Crippen LogP contribution in [-0.4, -0.2) is 30.5 Å². The Morgan fingerprint density at radius 3 is 2.30 bits per heavy atom. The van der Waals surface area contributed by atoms with Gasteiger partial charge < -0.3 is 0 Å². The lowest BCUT2D eigenvalue weighted by Gasteiger charge is -2.03. The third-order valence-corrected chi connectivity index (χ3v) is 5.05. The summed E-state index contributed by atoms with van der Waals surface area (Å²) in [7, 11) is 0. The molecular formula is C25H19FN6O. The van der Waals surface area contributed by atoms with Crippen LogP contribution >= 0.6 is 0 Å². The number of hydrogen-bond donors (Lipinski definition) is 1. The first-order valence-electron chi connectivity index (χ1n) is 10.3. The van der Waals surface area contributed by atoms with Gasteiger partial charge in [0, 0.05) is 11.8 Å². The molecule has 7 nitrogen and oxygen atoms in total. The van der Waals surface area contributed by atoms with Gasteiger partial charge in [-0.15, -0.1) is 5.10 Å². The average Bonchev–Trinajstić information content (AvgIpc) is 3.49. The molecule has 3 aromatic carbocycles. The molecule has 0 fully saturated rings. The second kappa shape index (κ2) is 8.88. The van der Waals surface area contributed by atoms with Crippen molar-refractivity contribution in [2.45, 2.75) is 6.54 Å². The van der Waals surface area contributed by atoms with E-state index < -0.39 is 0 Å². The highest BCUT2D eigenvalue weighted by Crippen LogP contribution is 2.24. The maximum atomic E-state index is 13.2. The zero-order chi connectivity index (χ0) is 22.6. The highest BCUT2D eigenvalue weighted by molar-refractivity contribution is 6.07. The molecule has 0 aliphatic heterocycles. The highest BCUT2D eigenvalue weighted by Gasteiger charge is 2.20. The fourth-order valence-electron chi connectivity index (χ4n) is 3.44. The zero-order valence-corrected chi connectivity index (χ0v) is 17.5. The van der Waals surface area contributed by atoms with Gasteiger partial charge in [0.25, 0.3) is 5.91 Å². The lowest BCUT2D eigenvalue weighted by Crippen LogP contribution is -2.14. The maximum Gasteiger partial charge on any atom is 0.261 e. The number of nitrogens with zero attached hydrogens (tertiary/aromatic N) is 5. The maximum absolute atomic E-state index is 13.2. The monoisotopic (exact) mass is 438 g/mol. The van der Waals surface area contributed by atoms with Gasteiger partial charge in [0.05, 0.1) is 17.8 Å². The Morgan fingerprint density at radius 2 is 1.58 bits per heavy atom. The van der Waals surface area contributed by atoms with E-state index in [2.05, 4.69) is 20.5 Å². The molecule has 2 aromatic heterocycles. The van der Waals surface area contributed by atoms with Gasteiger partial charge in [-0.25, -0.2) is 18.7 Å². The van der Waals surface area contributed by atoms with Crippen LogP contribution in [0.2, 0.25) is 0 Å². The minimum absolute atomic E-state index is 0.175. The lowest BCUT2D eigenvalue weighted by molar-refractivity contribution is 0.102. The number of aromatic nitrogens is 5. The van der Waals surface area contributed by atoms with Crippen LogP contribution in [0.25, 0.3) is 16.9 Å². The van der Waals surface area contributed by atoms with Gasteiger partial charge in [0.2, 0.25) is 5.95 Å². The molecule has 2 heterocycles. The Hall–Kier alpha value is -4.59. The Labute approximate surface area is 189 Å². The van der Waals surface area contributed by atoms with Gasteiger partial charge in [0.1, 0.15) is 17.8 Å². The molecule has 1 N–H and O–H groups in total. The van der Waals surface area contributed by atoms with Crippen molar-refractivity contribution < 1.29 is 9.18 Å². The summed E-state index contributed by atoms with van der Waals surface area (Å²) in [5, 5.41) is 11.7. The summed E-state index contributed by atoms with van der Waals surface area (Å²) in [4.78, 5) is 17.3. The third kappa shape index (κ3) is 4.54. The Morgan fingerprint density at radius 1 is 0.879 bits per heavy atom. The Kier molecular flexibility index (Phi) is 5.47. The van der Waals surface area contributed by atoms with Gasteiger partial charge in [-0.1, -0.05) is 60.7 Å². The molecule has 0 aliphatic carbocycles. The minimum Gasteiger partial charge on any atom is -0.289 e. The van der Waals surface area contributed by atoms with Crippen LogP contribution in [0, 0.1) is 5.82 Å². The van der Waals surface area contributed by atoms with Crippen molar-refractivity contribution in [3.63, 3.8) is 0 Å². The van der Waals surface area contributed by atoms with E-state index in [1.165, 1.54) is 18.5 Å². The van der Waals surface area contributed by atoms with Crippen molar-refractivity contribution in [3.8, 4) is 16.9 Å². The summed E-state index contributed by atoms with van der Waals surface area (Å²) < 4.78 is 16.4. The van der Waals surface area contributed by atoms with E-state index in [4.69, 9.17) is 0 Å². The summed E-state index contributed by atoms with van der Waals surface area (Å²) >= 11 is 0. The smallest absolute Gasteiger partial charge is 0.261 e. The lowest BCUT2D eigenvalue weighted by atomic mass is 10.1. The van der Waals surface area contributed by atoms with E-state index >= 15 is 0 Å². The van der Waals surface area contributed by atoms with Gasteiger partial charge in [-0.05, 0) is 29.8 Å². The topological polar surface area (TPSA) is 77.6 Å². The Balaban J connectivity index is 1.41. The first-order chi connectivity index (χ1) is 16.2. The van der Waals surface area contributed by atoms with E-state index in [1.807, 2.05) is 60.7 Å². The summed E-state index contributed by atoms with van der Waals surface area (Å²) in [5.74, 6) is -0.486. The molecule has 33 heavy (non-hydrogen) atoms. The molecule has 1 amide bonds. The molecule has 0 radical (unpaired) electrons. The molecule has 0 spiro atoms. The van der Waals surface area contributed by atoms with Crippen molar-refractivity contribution in [1.82, 2.24) is 24.5 Å². The molecule has 0 saturated heterocycles. The van der Waals surface area contributed by atoms with Crippen LogP contribution in [0.4, 0.5) is 10.3 Å². The second-order valence-electron chi connectivity index (χ2n) is 7.38. The summed E-state index contributed by atoms with van der Waals surface area (Å²) in [5.41, 5.74) is 3.50. The zero-order valence-electron chi connectivity index (χ0n) is 17.5. The Bertz CT molecular complexity index is 1380.